The summed E-state index contributed by atoms with van der Waals surface area (Å²) in [6, 6.07) is -1.60. The molecule has 0 heterocycles. The summed E-state index contributed by atoms with van der Waals surface area (Å²) >= 11 is 4.51. The number of hydrogen-bond donors (Lipinski definition) is 3. The van der Waals surface area contributed by atoms with Crippen molar-refractivity contribution in [3.63, 3.8) is 0 Å². The quantitative estimate of drug-likeness (QED) is 0.618. The van der Waals surface area contributed by atoms with E-state index in [1.54, 1.807) is 5.32 Å². The van der Waals surface area contributed by atoms with Crippen LogP contribution in [0.5, 0.6) is 0 Å². The molecule has 0 spiro atoms. The Bertz CT molecular complexity index is 231. The highest BCUT2D eigenvalue weighted by Gasteiger charge is 2.27. The molecule has 1 atom stereocenters. The van der Waals surface area contributed by atoms with Crippen LogP contribution < -0.4 is 16.4 Å². The molecule has 0 aromatic heterocycles. The Labute approximate surface area is 84.0 Å². The topological polar surface area (TPSA) is 67.2 Å². The van der Waals surface area contributed by atoms with Gasteiger partial charge in [-0.1, -0.05) is 12.2 Å². The van der Waals surface area contributed by atoms with Crippen LogP contribution in [0.4, 0.5) is 18.0 Å². The number of carbonyl (C=O) groups is 1. The van der Waals surface area contributed by atoms with Crippen LogP contribution in [0.2, 0.25) is 0 Å². The molecule has 0 aromatic carbocycles. The first-order chi connectivity index (χ1) is 6.22. The van der Waals surface area contributed by atoms with Gasteiger partial charge in [0.25, 0.3) is 0 Å². The Balaban J connectivity index is 3.83. The molecule has 0 aliphatic heterocycles. The second-order valence-electron chi connectivity index (χ2n) is 2.57. The van der Waals surface area contributed by atoms with Crippen molar-refractivity contribution in [1.29, 1.82) is 0 Å². The van der Waals surface area contributed by atoms with E-state index in [2.05, 4.69) is 17.5 Å². The number of alkyl halides is 3. The van der Waals surface area contributed by atoms with E-state index in [1.165, 1.54) is 6.92 Å². The van der Waals surface area contributed by atoms with E-state index in [1.807, 2.05) is 0 Å². The first kappa shape index (κ1) is 12.9. The standard InChI is InChI=1S/C6H10F3N3OS/c1-3(4(10)14)12-5(13)11-2-6(7,8)9/h3H,2H2,1H3,(H2,10,14)(H2,11,12,13). The molecule has 0 aliphatic carbocycles. The van der Waals surface area contributed by atoms with Crippen LogP contribution in [0.1, 0.15) is 6.92 Å². The van der Waals surface area contributed by atoms with Crippen molar-refractivity contribution in [2.75, 3.05) is 6.54 Å². The summed E-state index contributed by atoms with van der Waals surface area (Å²) in [5, 5.41) is 3.75. The zero-order valence-corrected chi connectivity index (χ0v) is 8.13. The van der Waals surface area contributed by atoms with Gasteiger partial charge in [0, 0.05) is 0 Å². The number of amides is 2. The SMILES string of the molecule is CC(NC(=O)NCC(F)(F)F)C(N)=S. The van der Waals surface area contributed by atoms with Gasteiger partial charge in [0.15, 0.2) is 0 Å². The van der Waals surface area contributed by atoms with Crippen LogP contribution in [-0.4, -0.2) is 29.8 Å². The molecule has 4 nitrogen and oxygen atoms in total. The summed E-state index contributed by atoms with van der Waals surface area (Å²) in [5.74, 6) is 0. The maximum atomic E-state index is 11.6. The Hall–Kier alpha value is -1.05. The molecule has 4 N–H and O–H groups in total. The third kappa shape index (κ3) is 6.46. The number of urea groups is 1. The lowest BCUT2D eigenvalue weighted by Crippen LogP contribution is -2.48. The molecule has 0 saturated heterocycles. The lowest BCUT2D eigenvalue weighted by molar-refractivity contribution is -0.122. The van der Waals surface area contributed by atoms with E-state index in [4.69, 9.17) is 5.73 Å². The fourth-order valence-electron chi connectivity index (χ4n) is 0.499. The van der Waals surface area contributed by atoms with E-state index in [9.17, 15) is 18.0 Å². The summed E-state index contributed by atoms with van der Waals surface area (Å²) in [4.78, 5) is 10.8. The lowest BCUT2D eigenvalue weighted by Gasteiger charge is -2.13. The molecule has 14 heavy (non-hydrogen) atoms. The van der Waals surface area contributed by atoms with Gasteiger partial charge >= 0.3 is 12.2 Å². The van der Waals surface area contributed by atoms with E-state index >= 15 is 0 Å². The van der Waals surface area contributed by atoms with Gasteiger partial charge in [0.05, 0.1) is 11.0 Å². The van der Waals surface area contributed by atoms with Crippen LogP contribution in [-0.2, 0) is 0 Å². The summed E-state index contributed by atoms with van der Waals surface area (Å²) < 4.78 is 34.9. The summed E-state index contributed by atoms with van der Waals surface area (Å²) in [7, 11) is 0. The van der Waals surface area contributed by atoms with Gasteiger partial charge in [0.2, 0.25) is 0 Å². The first-order valence-electron chi connectivity index (χ1n) is 3.63. The molecule has 0 radical (unpaired) electrons. The van der Waals surface area contributed by atoms with Gasteiger partial charge in [0.1, 0.15) is 6.54 Å². The fourth-order valence-corrected chi connectivity index (χ4v) is 0.558. The van der Waals surface area contributed by atoms with E-state index in [-0.39, 0.29) is 4.99 Å². The van der Waals surface area contributed by atoms with Crippen molar-refractivity contribution in [1.82, 2.24) is 10.6 Å². The number of thiocarbonyl (C=S) groups is 1. The number of rotatable bonds is 3. The zero-order chi connectivity index (χ0) is 11.4. The molecule has 0 aliphatic rings. The van der Waals surface area contributed by atoms with Gasteiger partial charge in [-0.05, 0) is 6.92 Å². The monoisotopic (exact) mass is 229 g/mol. The molecule has 0 rings (SSSR count). The van der Waals surface area contributed by atoms with Crippen LogP contribution in [0.25, 0.3) is 0 Å². The Kier molecular flexibility index (Phi) is 4.61. The fraction of sp³-hybridized carbons (Fsp3) is 0.667. The number of hydrogen-bond acceptors (Lipinski definition) is 2. The van der Waals surface area contributed by atoms with Gasteiger partial charge in [-0.2, -0.15) is 13.2 Å². The van der Waals surface area contributed by atoms with Crippen LogP contribution in [0.3, 0.4) is 0 Å². The van der Waals surface area contributed by atoms with Crippen molar-refractivity contribution in [3.8, 4) is 0 Å². The van der Waals surface area contributed by atoms with Crippen LogP contribution >= 0.6 is 12.2 Å². The minimum absolute atomic E-state index is 0.00663. The van der Waals surface area contributed by atoms with E-state index in [0.717, 1.165) is 0 Å². The highest BCUT2D eigenvalue weighted by atomic mass is 32.1. The molecular formula is C6H10F3N3OS. The number of carbonyl (C=O) groups excluding carboxylic acids is 1. The molecule has 1 unspecified atom stereocenters. The van der Waals surface area contributed by atoms with Crippen molar-refractivity contribution >= 4 is 23.2 Å². The first-order valence-corrected chi connectivity index (χ1v) is 4.03. The van der Waals surface area contributed by atoms with E-state index in [0.29, 0.717) is 0 Å². The van der Waals surface area contributed by atoms with Crippen molar-refractivity contribution in [3.05, 3.63) is 0 Å². The molecule has 2 amide bonds. The zero-order valence-electron chi connectivity index (χ0n) is 7.31. The molecule has 8 heteroatoms. The maximum Gasteiger partial charge on any atom is 0.405 e. The van der Waals surface area contributed by atoms with E-state index < -0.39 is 24.8 Å². The number of halogens is 3. The van der Waals surface area contributed by atoms with Gasteiger partial charge in [-0.15, -0.1) is 0 Å². The third-order valence-corrected chi connectivity index (χ3v) is 1.58. The highest BCUT2D eigenvalue weighted by Crippen LogP contribution is 2.11. The Morgan fingerprint density at radius 3 is 2.43 bits per heavy atom. The minimum atomic E-state index is -4.43. The predicted octanol–water partition coefficient (Wildman–Crippen LogP) is 0.523. The second-order valence-corrected chi connectivity index (χ2v) is 3.04. The molecule has 82 valence electrons. The third-order valence-electron chi connectivity index (χ3n) is 1.22. The number of nitrogens with two attached hydrogens (primary N) is 1. The number of nitrogens with one attached hydrogen (secondary N) is 2. The van der Waals surface area contributed by atoms with Crippen molar-refractivity contribution in [2.24, 2.45) is 5.73 Å². The second kappa shape index (κ2) is 4.99. The maximum absolute atomic E-state index is 11.6. The summed E-state index contributed by atoms with van der Waals surface area (Å²) in [6.45, 7) is 0.0817. The Morgan fingerprint density at radius 1 is 1.57 bits per heavy atom. The lowest BCUT2D eigenvalue weighted by atomic mass is 10.3. The average molecular weight is 229 g/mol. The molecule has 0 saturated carbocycles. The minimum Gasteiger partial charge on any atom is -0.392 e. The molecular weight excluding hydrogens is 219 g/mol. The van der Waals surface area contributed by atoms with Crippen LogP contribution in [0, 0.1) is 0 Å². The molecule has 0 fully saturated rings. The average Bonchev–Trinajstić information content (AvgIpc) is 1.99. The highest BCUT2D eigenvalue weighted by molar-refractivity contribution is 7.80. The van der Waals surface area contributed by atoms with Gasteiger partial charge in [-0.3, -0.25) is 0 Å². The summed E-state index contributed by atoms with van der Waals surface area (Å²) in [6.07, 6.45) is -4.43. The molecule has 0 bridgehead atoms. The largest absolute Gasteiger partial charge is 0.405 e. The molecule has 0 aromatic rings. The van der Waals surface area contributed by atoms with Gasteiger partial charge in [-0.25, -0.2) is 4.79 Å². The normalized spacial score (nSPS) is 13.1. The van der Waals surface area contributed by atoms with Crippen molar-refractivity contribution < 1.29 is 18.0 Å². The van der Waals surface area contributed by atoms with Gasteiger partial charge < -0.3 is 16.4 Å². The predicted molar refractivity (Wildman–Crippen MR) is 48.8 cm³/mol. The van der Waals surface area contributed by atoms with Crippen LogP contribution in [0.15, 0.2) is 0 Å². The smallest absolute Gasteiger partial charge is 0.392 e. The van der Waals surface area contributed by atoms with Crippen molar-refractivity contribution in [2.45, 2.75) is 19.1 Å². The summed E-state index contributed by atoms with van der Waals surface area (Å²) in [5.41, 5.74) is 5.13. The Morgan fingerprint density at radius 2 is 2.07 bits per heavy atom.